The van der Waals surface area contributed by atoms with E-state index in [2.05, 4.69) is 121 Å². The number of nitrogens with zero attached hydrogens (tertiary/aromatic N) is 4. The Bertz CT molecular complexity index is 1200. The van der Waals surface area contributed by atoms with Crippen molar-refractivity contribution in [3.8, 4) is 12.1 Å². The van der Waals surface area contributed by atoms with Crippen LogP contribution in [0.1, 0.15) is 115 Å². The van der Waals surface area contributed by atoms with Crippen molar-refractivity contribution in [1.29, 1.82) is 10.5 Å². The molecule has 48 heavy (non-hydrogen) atoms. The van der Waals surface area contributed by atoms with Crippen molar-refractivity contribution < 1.29 is 44.7 Å². The maximum atomic E-state index is 9.87. The first kappa shape index (κ1) is 47.5. The second-order valence-corrected chi connectivity index (χ2v) is 13.6. The quantitative estimate of drug-likeness (QED) is 0.166. The van der Waals surface area contributed by atoms with Crippen LogP contribution in [0.4, 0.5) is 36.6 Å². The summed E-state index contributed by atoms with van der Waals surface area (Å²) in [5.41, 5.74) is 8.05. The summed E-state index contributed by atoms with van der Waals surface area (Å²) in [7, 11) is -10.7. The summed E-state index contributed by atoms with van der Waals surface area (Å²) in [5, 5.41) is 14.6. The Hall–Kier alpha value is -2.61. The molecule has 0 aromatic heterocycles. The predicted octanol–water partition coefficient (Wildman–Crippen LogP) is 13.4. The van der Waals surface area contributed by atoms with Crippen molar-refractivity contribution in [2.24, 2.45) is 0 Å². The second-order valence-electron chi connectivity index (χ2n) is 11.7. The predicted molar refractivity (Wildman–Crippen MR) is 184 cm³/mol. The molecule has 265 valence electrons. The molecule has 4 rings (SSSR count). The molecule has 0 unspecified atom stereocenters. The fraction of sp³-hybridized carbons (Fsp3) is 0.389. The van der Waals surface area contributed by atoms with E-state index in [0.29, 0.717) is 23.7 Å². The number of para-hydroxylation sites is 2. The summed E-state index contributed by atoms with van der Waals surface area (Å²) < 4.78 is 59.2. The zero-order valence-electron chi connectivity index (χ0n) is 29.2. The van der Waals surface area contributed by atoms with Crippen LogP contribution < -0.4 is 9.80 Å². The number of hydrogen-bond acceptors (Lipinski definition) is 4. The molecule has 0 bridgehead atoms. The Kier molecular flexibility index (Phi) is 20.0. The van der Waals surface area contributed by atoms with Gasteiger partial charge in [0.05, 0.1) is 23.5 Å². The Balaban J connectivity index is 0. The topological polar surface area (TPSA) is 54.1 Å². The van der Waals surface area contributed by atoms with Crippen LogP contribution in [0.15, 0.2) is 48.8 Å². The fourth-order valence-electron chi connectivity index (χ4n) is 4.47. The molecule has 2 aromatic rings. The van der Waals surface area contributed by atoms with Crippen molar-refractivity contribution in [2.75, 3.05) is 9.80 Å². The molecule has 0 saturated heterocycles. The standard InChI is InChI=1S/C27H36N2.C5H5.2C2H3N.F6P.Ru/c1-18(2)22-11-9-12-23(19(3)4)26(22)28-15-16-29(17-28)27-24(20(5)6)13-10-14-25(27)21(7)8;1-2-4-5-3-1;2*1-2-3;1-7(2,3,4,5)6;/h9-16,18-21H,1-8H3;1-5H;2*1H3;;/q;;;;-1;+2. The molecule has 12 heteroatoms. The van der Waals surface area contributed by atoms with E-state index < -0.39 is 7.81 Å². The van der Waals surface area contributed by atoms with Crippen molar-refractivity contribution in [3.63, 3.8) is 0 Å². The van der Waals surface area contributed by atoms with E-state index in [-0.39, 0.29) is 19.5 Å². The first-order valence-corrected chi connectivity index (χ1v) is 17.2. The third-order valence-electron chi connectivity index (χ3n) is 6.30. The van der Waals surface area contributed by atoms with Gasteiger partial charge in [-0.2, -0.15) is 10.5 Å². The molecule has 1 saturated carbocycles. The van der Waals surface area contributed by atoms with Gasteiger partial charge in [0.25, 0.3) is 0 Å². The van der Waals surface area contributed by atoms with Crippen molar-refractivity contribution >= 4 is 19.2 Å². The number of anilines is 2. The minimum Gasteiger partial charge on any atom is -0.0312 e. The van der Waals surface area contributed by atoms with Crippen LogP contribution >= 0.6 is 7.81 Å². The SMILES string of the molecule is CC#N.CC#N.CC(C)c1cccc(C(C)C)c1N1[C]N(c2c(C(C)C)cccc2C(C)C)C=C1.F[P-](F)(F)(F)(F)F.[CH]1[CH][CH][CH][CH]1.[Ru+2]. The molecule has 1 heterocycles. The molecule has 1 fully saturated rings. The first-order chi connectivity index (χ1) is 21.5. The number of benzene rings is 2. The van der Waals surface area contributed by atoms with Gasteiger partial charge in [0.2, 0.25) is 6.67 Å². The largest absolute Gasteiger partial charge is 2.00 e. The van der Waals surface area contributed by atoms with E-state index in [0.717, 1.165) is 0 Å². The summed E-state index contributed by atoms with van der Waals surface area (Å²) in [4.78, 5) is 4.40. The average molecular weight is 782 g/mol. The minimum absolute atomic E-state index is 0. The van der Waals surface area contributed by atoms with E-state index in [1.54, 1.807) is 12.1 Å². The summed E-state index contributed by atoms with van der Waals surface area (Å²) in [6, 6.07) is 16.9. The van der Waals surface area contributed by atoms with E-state index in [4.69, 9.17) is 10.5 Å². The van der Waals surface area contributed by atoms with Gasteiger partial charge in [0.15, 0.2) is 0 Å². The van der Waals surface area contributed by atoms with Crippen molar-refractivity contribution in [3.05, 3.63) is 110 Å². The smallest absolute Gasteiger partial charge is 0.0312 e. The van der Waals surface area contributed by atoms with Gasteiger partial charge in [0.1, 0.15) is 0 Å². The first-order valence-electron chi connectivity index (χ1n) is 15.1. The van der Waals surface area contributed by atoms with Gasteiger partial charge in [-0.25, -0.2) is 0 Å². The van der Waals surface area contributed by atoms with E-state index in [1.165, 1.54) is 47.5 Å². The number of rotatable bonds is 6. The van der Waals surface area contributed by atoms with Crippen LogP contribution in [-0.2, 0) is 19.5 Å². The van der Waals surface area contributed by atoms with Crippen LogP contribution in [0.25, 0.3) is 0 Å². The Labute approximate surface area is 298 Å². The van der Waals surface area contributed by atoms with E-state index in [1.807, 2.05) is 32.1 Å². The number of halogens is 6. The van der Waals surface area contributed by atoms with Gasteiger partial charge in [-0.1, -0.05) is 91.8 Å². The van der Waals surface area contributed by atoms with Crippen LogP contribution in [0, 0.1) is 61.4 Å². The van der Waals surface area contributed by atoms with E-state index in [9.17, 15) is 25.2 Å². The maximum absolute atomic E-state index is 10.7. The third kappa shape index (κ3) is 19.4. The summed E-state index contributed by atoms with van der Waals surface area (Å²) >= 11 is 0. The van der Waals surface area contributed by atoms with Crippen molar-refractivity contribution in [1.82, 2.24) is 0 Å². The average Bonchev–Trinajstić information content (AvgIpc) is 3.67. The minimum atomic E-state index is -10.7. The molecule has 0 amide bonds. The fourth-order valence-corrected chi connectivity index (χ4v) is 4.47. The van der Waals surface area contributed by atoms with Gasteiger partial charge in [-0.3, -0.25) is 0 Å². The Morgan fingerprint density at radius 3 is 0.896 bits per heavy atom. The summed E-state index contributed by atoms with van der Waals surface area (Å²) in [6.07, 6.45) is 14.3. The summed E-state index contributed by atoms with van der Waals surface area (Å²) in [5.74, 6) is 1.84. The molecule has 0 atom stereocenters. The van der Waals surface area contributed by atoms with Crippen LogP contribution in [-0.4, -0.2) is 0 Å². The van der Waals surface area contributed by atoms with Crippen LogP contribution in [0.5, 0.6) is 0 Å². The molecule has 2 aliphatic rings. The zero-order valence-corrected chi connectivity index (χ0v) is 31.8. The van der Waals surface area contributed by atoms with Crippen LogP contribution in [0.2, 0.25) is 0 Å². The van der Waals surface area contributed by atoms with Gasteiger partial charge in [-0.05, 0) is 78.0 Å². The van der Waals surface area contributed by atoms with Gasteiger partial charge in [-0.15, -0.1) is 0 Å². The second kappa shape index (κ2) is 20.2. The molecule has 4 nitrogen and oxygen atoms in total. The molecular formula is C36H47F6N4PRu+. The molecule has 0 spiro atoms. The molecule has 1 aliphatic carbocycles. The number of hydrogen-bond donors (Lipinski definition) is 0. The Morgan fingerprint density at radius 2 is 0.729 bits per heavy atom. The summed E-state index contributed by atoms with van der Waals surface area (Å²) in [6.45, 7) is 24.7. The normalized spacial score (nSPS) is 14.9. The maximum Gasteiger partial charge on any atom is 2.00 e. The van der Waals surface area contributed by atoms with Gasteiger partial charge < -0.3 is 9.80 Å². The van der Waals surface area contributed by atoms with Gasteiger partial charge in [0, 0.05) is 26.2 Å². The van der Waals surface area contributed by atoms with Crippen LogP contribution in [0.3, 0.4) is 0 Å². The molecule has 1 aliphatic heterocycles. The zero-order chi connectivity index (χ0) is 36.7. The molecule has 7 radical (unpaired) electrons. The van der Waals surface area contributed by atoms with E-state index >= 15 is 0 Å². The third-order valence-corrected chi connectivity index (χ3v) is 6.30. The molecular weight excluding hydrogens is 734 g/mol. The molecule has 0 N–H and O–H groups in total. The van der Waals surface area contributed by atoms with Gasteiger partial charge >= 0.3 is 52.5 Å². The monoisotopic (exact) mass is 782 g/mol. The van der Waals surface area contributed by atoms with Crippen molar-refractivity contribution in [2.45, 2.75) is 92.9 Å². The Morgan fingerprint density at radius 1 is 0.542 bits per heavy atom. The molecule has 2 aromatic carbocycles. The number of nitriles is 2.